The molecule has 1 aliphatic carbocycles. The molecule has 0 saturated heterocycles. The molecule has 2 nitrogen and oxygen atoms in total. The Morgan fingerprint density at radius 2 is 1.87 bits per heavy atom. The zero-order valence-electron chi connectivity index (χ0n) is 13.6. The van der Waals surface area contributed by atoms with Gasteiger partial charge >= 0.3 is 0 Å². The van der Waals surface area contributed by atoms with Gasteiger partial charge in [0.05, 0.1) is 15.9 Å². The van der Waals surface area contributed by atoms with E-state index < -0.39 is 0 Å². The fraction of sp³-hybridized carbons (Fsp3) is 0.400. The molecule has 1 aliphatic rings. The van der Waals surface area contributed by atoms with Crippen molar-refractivity contribution >= 4 is 21.6 Å². The van der Waals surface area contributed by atoms with Crippen molar-refractivity contribution in [2.75, 3.05) is 7.11 Å². The van der Waals surface area contributed by atoms with E-state index in [1.807, 2.05) is 11.3 Å². The van der Waals surface area contributed by atoms with Gasteiger partial charge in [-0.25, -0.2) is 0 Å². The molecular formula is C20H23NOS. The number of fused-ring (bicyclic) bond motifs is 1. The van der Waals surface area contributed by atoms with Gasteiger partial charge < -0.3 is 9.30 Å². The van der Waals surface area contributed by atoms with E-state index in [0.717, 1.165) is 0 Å². The Bertz CT molecular complexity index is 781. The molecule has 0 amide bonds. The summed E-state index contributed by atoms with van der Waals surface area (Å²) in [5.74, 6) is 0.693. The third kappa shape index (κ3) is 2.62. The molecule has 3 aromatic rings. The maximum absolute atomic E-state index is 5.54. The normalized spacial score (nSPS) is 16.2. The van der Waals surface area contributed by atoms with Crippen LogP contribution in [0.3, 0.4) is 0 Å². The van der Waals surface area contributed by atoms with Gasteiger partial charge in [-0.05, 0) is 41.3 Å². The zero-order valence-corrected chi connectivity index (χ0v) is 14.4. The Kier molecular flexibility index (Phi) is 4.23. The van der Waals surface area contributed by atoms with Gasteiger partial charge in [0.1, 0.15) is 6.73 Å². The summed E-state index contributed by atoms with van der Waals surface area (Å²) in [5, 5.41) is 2.22. The molecule has 0 unspecified atom stereocenters. The number of nitrogens with zero attached hydrogens (tertiary/aromatic N) is 1. The van der Waals surface area contributed by atoms with Crippen LogP contribution in [0.2, 0.25) is 0 Å². The smallest absolute Gasteiger partial charge is 0.123 e. The molecule has 0 bridgehead atoms. The zero-order chi connectivity index (χ0) is 15.6. The Hall–Kier alpha value is -1.58. The second-order valence-corrected chi connectivity index (χ2v) is 7.36. The van der Waals surface area contributed by atoms with Crippen molar-refractivity contribution < 1.29 is 4.74 Å². The van der Waals surface area contributed by atoms with Crippen LogP contribution < -0.4 is 0 Å². The molecule has 3 heteroatoms. The number of hydrogen-bond donors (Lipinski definition) is 0. The van der Waals surface area contributed by atoms with Crippen molar-refractivity contribution in [3.63, 3.8) is 0 Å². The van der Waals surface area contributed by atoms with Crippen LogP contribution >= 0.6 is 11.3 Å². The summed E-state index contributed by atoms with van der Waals surface area (Å²) in [5.41, 5.74) is 5.59. The summed E-state index contributed by atoms with van der Waals surface area (Å²) in [7, 11) is 1.78. The summed E-state index contributed by atoms with van der Waals surface area (Å²) >= 11 is 1.89. The van der Waals surface area contributed by atoms with Crippen molar-refractivity contribution in [2.24, 2.45) is 0 Å². The van der Waals surface area contributed by atoms with Crippen LogP contribution in [0.5, 0.6) is 0 Å². The molecule has 0 spiro atoms. The summed E-state index contributed by atoms with van der Waals surface area (Å²) < 4.78 is 9.37. The number of aromatic nitrogens is 1. The predicted octanol–water partition coefficient (Wildman–Crippen LogP) is 6.02. The van der Waals surface area contributed by atoms with Crippen LogP contribution in [0, 0.1) is 0 Å². The lowest BCUT2D eigenvalue weighted by atomic mass is 9.83. The van der Waals surface area contributed by atoms with E-state index in [9.17, 15) is 0 Å². The van der Waals surface area contributed by atoms with Crippen LogP contribution in [0.1, 0.15) is 43.6 Å². The fourth-order valence-electron chi connectivity index (χ4n) is 4.03. The van der Waals surface area contributed by atoms with Crippen molar-refractivity contribution in [1.29, 1.82) is 0 Å². The molecule has 1 saturated carbocycles. The standard InChI is InChI=1S/C20H23NOS/c1-22-14-21-17-12-13-23-20(17)18(15-8-4-2-5-9-15)19(21)16-10-6-3-7-11-16/h3,6-7,10-13,15H,2,4-5,8-9,14H2,1H3. The van der Waals surface area contributed by atoms with Crippen molar-refractivity contribution in [3.05, 3.63) is 47.3 Å². The van der Waals surface area contributed by atoms with E-state index >= 15 is 0 Å². The molecule has 4 rings (SSSR count). The highest BCUT2D eigenvalue weighted by molar-refractivity contribution is 7.17. The molecule has 0 aliphatic heterocycles. The molecule has 1 fully saturated rings. The SMILES string of the molecule is COCn1c(-c2ccccc2)c(C2CCCCC2)c2sccc21. The first-order valence-corrected chi connectivity index (χ1v) is 9.42. The van der Waals surface area contributed by atoms with Crippen molar-refractivity contribution in [2.45, 2.75) is 44.8 Å². The topological polar surface area (TPSA) is 14.2 Å². The van der Waals surface area contributed by atoms with E-state index in [0.29, 0.717) is 12.6 Å². The second kappa shape index (κ2) is 6.50. The van der Waals surface area contributed by atoms with E-state index in [1.165, 1.54) is 53.6 Å². The van der Waals surface area contributed by atoms with E-state index in [2.05, 4.69) is 46.3 Å². The number of rotatable bonds is 4. The van der Waals surface area contributed by atoms with Crippen LogP contribution in [0.25, 0.3) is 21.5 Å². The molecule has 0 N–H and O–H groups in total. The number of hydrogen-bond acceptors (Lipinski definition) is 2. The van der Waals surface area contributed by atoms with Crippen molar-refractivity contribution in [3.8, 4) is 11.3 Å². The maximum Gasteiger partial charge on any atom is 0.123 e. The number of thiophene rings is 1. The summed E-state index contributed by atoms with van der Waals surface area (Å²) in [6, 6.07) is 13.1. The molecule has 1 aromatic carbocycles. The highest BCUT2D eigenvalue weighted by Gasteiger charge is 2.26. The first-order chi connectivity index (χ1) is 11.4. The van der Waals surface area contributed by atoms with Gasteiger partial charge in [0.25, 0.3) is 0 Å². The van der Waals surface area contributed by atoms with Crippen LogP contribution in [0.15, 0.2) is 41.8 Å². The van der Waals surface area contributed by atoms with Gasteiger partial charge in [0, 0.05) is 7.11 Å². The third-order valence-corrected chi connectivity index (χ3v) is 5.96. The first-order valence-electron chi connectivity index (χ1n) is 8.54. The van der Waals surface area contributed by atoms with Gasteiger partial charge in [-0.3, -0.25) is 0 Å². The minimum Gasteiger partial charge on any atom is -0.364 e. The van der Waals surface area contributed by atoms with Crippen LogP contribution in [-0.2, 0) is 11.5 Å². The van der Waals surface area contributed by atoms with E-state index in [4.69, 9.17) is 4.74 Å². The minimum atomic E-state index is 0.615. The average Bonchev–Trinajstić information content (AvgIpc) is 3.18. The Morgan fingerprint density at radius 1 is 1.09 bits per heavy atom. The van der Waals surface area contributed by atoms with Gasteiger partial charge in [-0.2, -0.15) is 0 Å². The summed E-state index contributed by atoms with van der Waals surface area (Å²) in [4.78, 5) is 0. The molecule has 23 heavy (non-hydrogen) atoms. The molecule has 0 radical (unpaired) electrons. The van der Waals surface area contributed by atoms with E-state index in [1.54, 1.807) is 12.7 Å². The average molecular weight is 325 g/mol. The van der Waals surface area contributed by atoms with Gasteiger partial charge in [0.15, 0.2) is 0 Å². The first kappa shape index (κ1) is 15.0. The highest BCUT2D eigenvalue weighted by atomic mass is 32.1. The van der Waals surface area contributed by atoms with Gasteiger partial charge in [-0.15, -0.1) is 11.3 Å². The van der Waals surface area contributed by atoms with E-state index in [-0.39, 0.29) is 0 Å². The Balaban J connectivity index is 1.96. The monoisotopic (exact) mass is 325 g/mol. The number of ether oxygens (including phenoxy) is 1. The highest BCUT2D eigenvalue weighted by Crippen LogP contribution is 2.45. The van der Waals surface area contributed by atoms with Crippen molar-refractivity contribution in [1.82, 2.24) is 4.57 Å². The molecule has 2 heterocycles. The number of benzene rings is 1. The lowest BCUT2D eigenvalue weighted by Gasteiger charge is -2.23. The minimum absolute atomic E-state index is 0.615. The summed E-state index contributed by atoms with van der Waals surface area (Å²) in [6.45, 7) is 0.615. The quantitative estimate of drug-likeness (QED) is 0.572. The molecule has 2 aromatic heterocycles. The lowest BCUT2D eigenvalue weighted by Crippen LogP contribution is -2.07. The third-order valence-electron chi connectivity index (χ3n) is 5.02. The second-order valence-electron chi connectivity index (χ2n) is 6.44. The maximum atomic E-state index is 5.54. The molecular weight excluding hydrogens is 302 g/mol. The molecule has 0 atom stereocenters. The summed E-state index contributed by atoms with van der Waals surface area (Å²) in [6.07, 6.45) is 6.76. The number of methoxy groups -OCH3 is 1. The van der Waals surface area contributed by atoms with Crippen LogP contribution in [0.4, 0.5) is 0 Å². The predicted molar refractivity (Wildman–Crippen MR) is 98.1 cm³/mol. The van der Waals surface area contributed by atoms with Gasteiger partial charge in [-0.1, -0.05) is 49.6 Å². The molecule has 120 valence electrons. The largest absolute Gasteiger partial charge is 0.364 e. The Morgan fingerprint density at radius 3 is 2.61 bits per heavy atom. The Labute approximate surface area is 141 Å². The fourth-order valence-corrected chi connectivity index (χ4v) is 5.05. The van der Waals surface area contributed by atoms with Gasteiger partial charge in [0.2, 0.25) is 0 Å². The van der Waals surface area contributed by atoms with Crippen LogP contribution in [-0.4, -0.2) is 11.7 Å². The lowest BCUT2D eigenvalue weighted by molar-refractivity contribution is 0.136.